The molecule has 56 heavy (non-hydrogen) atoms. The molecule has 0 spiro atoms. The number of carbonyl (C=O) groups is 4. The van der Waals surface area contributed by atoms with Crippen LogP contribution in [0.15, 0.2) is 41.3 Å². The average molecular weight is 835 g/mol. The smallest absolute Gasteiger partial charge is 0.480 e. The summed E-state index contributed by atoms with van der Waals surface area (Å²) in [7, 11) is -4.54. The number of carboxylic acid groups (broad SMARTS) is 1. The van der Waals surface area contributed by atoms with Crippen molar-refractivity contribution in [3.8, 4) is 5.75 Å². The number of anilines is 1. The van der Waals surface area contributed by atoms with Gasteiger partial charge in [0.05, 0.1) is 11.9 Å². The highest BCUT2D eigenvalue weighted by atomic mass is 32.2. The lowest BCUT2D eigenvalue weighted by Crippen LogP contribution is -2.42. The molecule has 0 saturated carbocycles. The predicted molar refractivity (Wildman–Crippen MR) is 198 cm³/mol. The Kier molecular flexibility index (Phi) is 15.1. The van der Waals surface area contributed by atoms with E-state index in [4.69, 9.17) is 38.1 Å². The Morgan fingerprint density at radius 2 is 1.52 bits per heavy atom. The van der Waals surface area contributed by atoms with Crippen LogP contribution in [0.1, 0.15) is 80.2 Å². The van der Waals surface area contributed by atoms with Crippen molar-refractivity contribution in [2.45, 2.75) is 122 Å². The number of rotatable bonds is 13. The van der Waals surface area contributed by atoms with Crippen molar-refractivity contribution in [2.75, 3.05) is 11.5 Å². The van der Waals surface area contributed by atoms with E-state index < -0.39 is 95.9 Å². The fraction of sp³-hybridized carbons (Fsp3) is 0.588. The third-order valence-electron chi connectivity index (χ3n) is 6.68. The molecule has 1 aliphatic heterocycles. The van der Waals surface area contributed by atoms with Crippen LogP contribution in [0.2, 0.25) is 0 Å². The summed E-state index contributed by atoms with van der Waals surface area (Å²) in [6.07, 6.45) is -7.07. The first-order valence-corrected chi connectivity index (χ1v) is 19.5. The third-order valence-corrected chi connectivity index (χ3v) is 9.84. The van der Waals surface area contributed by atoms with Crippen LogP contribution in [0.5, 0.6) is 5.75 Å². The number of aliphatic carboxylic acids is 1. The second-order valence-electron chi connectivity index (χ2n) is 15.3. The third kappa shape index (κ3) is 14.0. The normalized spacial score (nSPS) is 20.3. The zero-order valence-corrected chi connectivity index (χ0v) is 34.5. The molecule has 0 aliphatic carbocycles. The minimum atomic E-state index is -4.54. The highest BCUT2D eigenvalue weighted by molar-refractivity contribution is 8.00. The molecule has 3 rings (SSSR count). The van der Waals surface area contributed by atoms with Gasteiger partial charge in [0.1, 0.15) is 34.0 Å². The van der Waals surface area contributed by atoms with Crippen molar-refractivity contribution in [2.24, 2.45) is 0 Å². The number of benzene rings is 1. The average Bonchev–Trinajstić information content (AvgIpc) is 3.35. The van der Waals surface area contributed by atoms with Crippen molar-refractivity contribution in [1.29, 1.82) is 0 Å². The predicted octanol–water partition coefficient (Wildman–Crippen LogP) is 6.63. The van der Waals surface area contributed by atoms with E-state index in [0.717, 1.165) is 22.4 Å². The van der Waals surface area contributed by atoms with Gasteiger partial charge in [-0.25, -0.2) is 28.1 Å². The summed E-state index contributed by atoms with van der Waals surface area (Å²) in [6.45, 7) is 16.3. The number of carbonyl (C=O) groups excluding carboxylic acids is 3. The topological polar surface area (TPSA) is 230 Å². The molecule has 19 nitrogen and oxygen atoms in total. The van der Waals surface area contributed by atoms with Crippen molar-refractivity contribution in [1.82, 2.24) is 14.6 Å². The van der Waals surface area contributed by atoms with Gasteiger partial charge in [-0.2, -0.15) is 24.7 Å². The second kappa shape index (κ2) is 18.3. The molecule has 0 bridgehead atoms. The van der Waals surface area contributed by atoms with Gasteiger partial charge in [-0.05, 0) is 94.4 Å². The number of amides is 2. The fourth-order valence-electron chi connectivity index (χ4n) is 4.25. The van der Waals surface area contributed by atoms with E-state index in [2.05, 4.69) is 10.1 Å². The zero-order chi connectivity index (χ0) is 42.4. The quantitative estimate of drug-likeness (QED) is 0.0933. The summed E-state index contributed by atoms with van der Waals surface area (Å²) in [5.74, 6) is -1.95. The molecular formula is C34H48FN4O15PS. The number of imide groups is 1. The highest BCUT2D eigenvalue weighted by Gasteiger charge is 2.50. The van der Waals surface area contributed by atoms with Crippen LogP contribution in [0.25, 0.3) is 0 Å². The zero-order valence-electron chi connectivity index (χ0n) is 32.8. The summed E-state index contributed by atoms with van der Waals surface area (Å²) in [5, 5.41) is 9.07. The first kappa shape index (κ1) is 46.1. The van der Waals surface area contributed by atoms with E-state index >= 15 is 4.39 Å². The molecule has 6 atom stereocenters. The minimum absolute atomic E-state index is 0.0559. The van der Waals surface area contributed by atoms with Crippen LogP contribution in [-0.4, -0.2) is 85.9 Å². The highest BCUT2D eigenvalue weighted by Crippen LogP contribution is 2.50. The molecule has 1 aliphatic rings. The second-order valence-corrected chi connectivity index (χ2v) is 18.4. The van der Waals surface area contributed by atoms with E-state index in [9.17, 15) is 33.6 Å². The standard InChI is InChI=1S/C34H48FN4O15PS/c1-19-12-14-21(15-13-19)52-55(46,37-20(2)27(40)41)47-18-22-25(48-31(45)49-32(3,4)5)24(35)26(56-22)38-17-16-23(36-28(38)42)39(29(43)50-53-33(6,7)8)30(44)51-54-34(9,10)11/h12-17,20,22,24-26H,18H2,1-11H3,(H,37,46)(H,40,41)/t20?,22-,24+,25-,26-,55?/m1/s1. The summed E-state index contributed by atoms with van der Waals surface area (Å²) in [4.78, 5) is 87.5. The SMILES string of the molecule is Cc1ccc(OP(=O)(NC(C)C(=O)O)OC[C@H]2S[C@@H](n3ccc(N(C(=O)OOC(C)(C)C)C(=O)OOC(C)(C)C)nc3=O)[C@@H](F)[C@@H]2OC(=O)OC(C)(C)C)cc1. The first-order chi connectivity index (χ1) is 25.7. The van der Waals surface area contributed by atoms with Crippen molar-refractivity contribution in [3.63, 3.8) is 0 Å². The minimum Gasteiger partial charge on any atom is -0.480 e. The van der Waals surface area contributed by atoms with E-state index in [1.54, 1.807) is 81.4 Å². The van der Waals surface area contributed by atoms with Gasteiger partial charge in [0.2, 0.25) is 0 Å². The molecule has 0 radical (unpaired) electrons. The van der Waals surface area contributed by atoms with Crippen LogP contribution < -0.4 is 20.2 Å². The molecule has 1 saturated heterocycles. The number of aryl methyl sites for hydroxylation is 1. The molecule has 2 N–H and O–H groups in total. The van der Waals surface area contributed by atoms with Crippen LogP contribution in [0.3, 0.4) is 0 Å². The maximum Gasteiger partial charge on any atom is 0.509 e. The van der Waals surface area contributed by atoms with Gasteiger partial charge in [-0.15, -0.1) is 11.8 Å². The Labute approximate surface area is 326 Å². The molecule has 2 heterocycles. The molecule has 1 aromatic heterocycles. The number of hydrogen-bond donors (Lipinski definition) is 2. The molecule has 312 valence electrons. The number of thioether (sulfide) groups is 1. The van der Waals surface area contributed by atoms with Crippen molar-refractivity contribution in [3.05, 3.63) is 52.6 Å². The van der Waals surface area contributed by atoms with Crippen LogP contribution >= 0.6 is 19.5 Å². The number of nitrogens with zero attached hydrogens (tertiary/aromatic N) is 3. The Balaban J connectivity index is 1.98. The van der Waals surface area contributed by atoms with Gasteiger partial charge in [0.15, 0.2) is 18.1 Å². The summed E-state index contributed by atoms with van der Waals surface area (Å²) in [5.41, 5.74) is -3.41. The number of aromatic nitrogens is 2. The van der Waals surface area contributed by atoms with Crippen LogP contribution in [-0.2, 0) is 42.9 Å². The van der Waals surface area contributed by atoms with E-state index in [1.807, 2.05) is 0 Å². The lowest BCUT2D eigenvalue weighted by Gasteiger charge is -2.26. The fourth-order valence-corrected chi connectivity index (χ4v) is 7.33. The van der Waals surface area contributed by atoms with Crippen molar-refractivity contribution < 1.29 is 71.3 Å². The lowest BCUT2D eigenvalue weighted by molar-refractivity contribution is -0.305. The number of nitrogens with one attached hydrogen (secondary N) is 1. The Morgan fingerprint density at radius 3 is 2.00 bits per heavy atom. The van der Waals surface area contributed by atoms with Gasteiger partial charge >= 0.3 is 37.7 Å². The maximum absolute atomic E-state index is 16.4. The summed E-state index contributed by atoms with van der Waals surface area (Å²) >= 11 is 0.709. The van der Waals surface area contributed by atoms with Gasteiger partial charge in [-0.1, -0.05) is 17.7 Å². The Hall–Kier alpha value is -4.27. The monoisotopic (exact) mass is 834 g/mol. The molecule has 2 aromatic rings. The Morgan fingerprint density at radius 1 is 0.964 bits per heavy atom. The number of halogens is 1. The molecular weight excluding hydrogens is 786 g/mol. The van der Waals surface area contributed by atoms with Gasteiger partial charge in [0.25, 0.3) is 0 Å². The van der Waals surface area contributed by atoms with Crippen molar-refractivity contribution >= 4 is 49.6 Å². The van der Waals surface area contributed by atoms with Crippen LogP contribution in [0.4, 0.5) is 24.6 Å². The van der Waals surface area contributed by atoms with Crippen LogP contribution in [0, 0.1) is 6.92 Å². The number of alkyl halides is 1. The molecule has 2 amide bonds. The first-order valence-electron chi connectivity index (χ1n) is 17.1. The van der Waals surface area contributed by atoms with Gasteiger partial charge in [0, 0.05) is 6.20 Å². The van der Waals surface area contributed by atoms with E-state index in [1.165, 1.54) is 19.1 Å². The molecule has 1 aromatic carbocycles. The van der Waals surface area contributed by atoms with E-state index in [0.29, 0.717) is 11.8 Å². The molecule has 22 heteroatoms. The van der Waals surface area contributed by atoms with E-state index in [-0.39, 0.29) is 10.6 Å². The summed E-state index contributed by atoms with van der Waals surface area (Å²) < 4.78 is 53.0. The number of ether oxygens (including phenoxy) is 2. The maximum atomic E-state index is 16.4. The largest absolute Gasteiger partial charge is 0.509 e. The number of carboxylic acids is 1. The lowest BCUT2D eigenvalue weighted by atomic mass is 10.1. The molecule has 2 unspecified atom stereocenters. The van der Waals surface area contributed by atoms with Gasteiger partial charge in [-0.3, -0.25) is 23.7 Å². The van der Waals surface area contributed by atoms with Gasteiger partial charge < -0.3 is 19.1 Å². The molecule has 1 fully saturated rings. The Bertz CT molecular complexity index is 1800. The summed E-state index contributed by atoms with van der Waals surface area (Å²) in [6, 6.07) is 5.82. The number of hydrogen-bond acceptors (Lipinski definition) is 16.